The number of hydrogen-bond donors (Lipinski definition) is 1. The van der Waals surface area contributed by atoms with Gasteiger partial charge in [-0.3, -0.25) is 4.40 Å². The average Bonchev–Trinajstić information content (AvgIpc) is 3.07. The Bertz CT molecular complexity index is 995. The number of hydrogen-bond acceptors (Lipinski definition) is 4. The first-order valence-corrected chi connectivity index (χ1v) is 9.49. The van der Waals surface area contributed by atoms with Gasteiger partial charge in [0.1, 0.15) is 0 Å². The molecular formula is C17H18N4O2S. The molecule has 0 atom stereocenters. The number of fused-ring (bicyclic) bond motifs is 2. The minimum atomic E-state index is -3.53. The summed E-state index contributed by atoms with van der Waals surface area (Å²) in [5.74, 6) is 0.594. The number of rotatable bonds is 4. The van der Waals surface area contributed by atoms with E-state index in [9.17, 15) is 8.42 Å². The van der Waals surface area contributed by atoms with E-state index in [0.717, 1.165) is 30.4 Å². The molecule has 0 amide bonds. The number of nitrogens with one attached hydrogen (secondary N) is 1. The van der Waals surface area contributed by atoms with Crippen LogP contribution in [0.15, 0.2) is 47.9 Å². The van der Waals surface area contributed by atoms with Crippen LogP contribution in [0.4, 0.5) is 0 Å². The Kier molecular flexibility index (Phi) is 3.82. The first-order valence-electron chi connectivity index (χ1n) is 8.01. The van der Waals surface area contributed by atoms with Crippen LogP contribution in [0.2, 0.25) is 0 Å². The maximum absolute atomic E-state index is 12.6. The lowest BCUT2D eigenvalue weighted by atomic mass is 9.92. The minimum absolute atomic E-state index is 0.195. The lowest BCUT2D eigenvalue weighted by Gasteiger charge is -2.16. The zero-order chi connectivity index (χ0) is 16.6. The highest BCUT2D eigenvalue weighted by molar-refractivity contribution is 7.89. The van der Waals surface area contributed by atoms with Gasteiger partial charge in [-0.2, -0.15) is 0 Å². The molecular weight excluding hydrogens is 324 g/mol. The van der Waals surface area contributed by atoms with Crippen LogP contribution < -0.4 is 4.72 Å². The molecule has 2 heterocycles. The van der Waals surface area contributed by atoms with Gasteiger partial charge < -0.3 is 0 Å². The van der Waals surface area contributed by atoms with E-state index >= 15 is 0 Å². The fourth-order valence-corrected chi connectivity index (χ4v) is 4.16. The summed E-state index contributed by atoms with van der Waals surface area (Å²) in [7, 11) is -3.53. The highest BCUT2D eigenvalue weighted by atomic mass is 32.2. The molecule has 2 aromatic heterocycles. The quantitative estimate of drug-likeness (QED) is 0.788. The normalized spacial score (nSPS) is 14.7. The summed E-state index contributed by atoms with van der Waals surface area (Å²) in [5, 5.41) is 0. The summed E-state index contributed by atoms with van der Waals surface area (Å²) in [5.41, 5.74) is 3.21. The van der Waals surface area contributed by atoms with Gasteiger partial charge in [-0.25, -0.2) is 23.1 Å². The third kappa shape index (κ3) is 2.92. The molecule has 6 nitrogen and oxygen atoms in total. The molecule has 0 radical (unpaired) electrons. The average molecular weight is 342 g/mol. The molecule has 0 aliphatic heterocycles. The van der Waals surface area contributed by atoms with Crippen molar-refractivity contribution in [3.05, 3.63) is 59.7 Å². The third-order valence-corrected chi connectivity index (χ3v) is 5.79. The predicted octanol–water partition coefficient (Wildman–Crippen LogP) is 2.09. The molecule has 1 N–H and O–H groups in total. The Balaban J connectivity index is 1.54. The fourth-order valence-electron chi connectivity index (χ4n) is 3.09. The SMILES string of the molecule is O=S(=O)(NCc1cnc2nccn2c1)c1ccc2c(c1)CCCC2. The first kappa shape index (κ1) is 15.3. The van der Waals surface area contributed by atoms with Crippen LogP contribution in [0.5, 0.6) is 0 Å². The zero-order valence-electron chi connectivity index (χ0n) is 13.1. The maximum Gasteiger partial charge on any atom is 0.240 e. The van der Waals surface area contributed by atoms with Gasteiger partial charge in [-0.1, -0.05) is 6.07 Å². The number of nitrogens with zero attached hydrogens (tertiary/aromatic N) is 3. The van der Waals surface area contributed by atoms with E-state index in [-0.39, 0.29) is 6.54 Å². The van der Waals surface area contributed by atoms with Crippen molar-refractivity contribution in [2.75, 3.05) is 0 Å². The van der Waals surface area contributed by atoms with Crippen molar-refractivity contribution in [3.63, 3.8) is 0 Å². The molecule has 3 aromatic rings. The van der Waals surface area contributed by atoms with Gasteiger partial charge in [0.25, 0.3) is 0 Å². The molecule has 1 aliphatic rings. The van der Waals surface area contributed by atoms with Crippen LogP contribution in [-0.2, 0) is 29.4 Å². The second-order valence-electron chi connectivity index (χ2n) is 6.06. The number of imidazole rings is 1. The number of benzene rings is 1. The van der Waals surface area contributed by atoms with E-state index in [1.807, 2.05) is 18.3 Å². The molecule has 124 valence electrons. The maximum atomic E-state index is 12.6. The molecule has 24 heavy (non-hydrogen) atoms. The second kappa shape index (κ2) is 5.99. The van der Waals surface area contributed by atoms with Gasteiger partial charge >= 0.3 is 0 Å². The van der Waals surface area contributed by atoms with Crippen molar-refractivity contribution in [3.8, 4) is 0 Å². The molecule has 0 unspecified atom stereocenters. The lowest BCUT2D eigenvalue weighted by Crippen LogP contribution is -2.24. The molecule has 1 aromatic carbocycles. The van der Waals surface area contributed by atoms with Crippen molar-refractivity contribution in [1.29, 1.82) is 0 Å². The number of aryl methyl sites for hydroxylation is 2. The van der Waals surface area contributed by atoms with E-state index in [1.165, 1.54) is 12.0 Å². The summed E-state index contributed by atoms with van der Waals surface area (Å²) in [6, 6.07) is 5.46. The molecule has 1 aliphatic carbocycles. The molecule has 0 spiro atoms. The van der Waals surface area contributed by atoms with Gasteiger partial charge in [0.05, 0.1) is 4.90 Å². The fraction of sp³-hybridized carbons (Fsp3) is 0.294. The zero-order valence-corrected chi connectivity index (χ0v) is 14.0. The standard InChI is InChI=1S/C17H18N4O2S/c22-24(23,16-6-5-14-3-1-2-4-15(14)9-16)20-11-13-10-19-17-18-7-8-21(17)12-13/h5-10,12,20H,1-4,11H2. The monoisotopic (exact) mass is 342 g/mol. The molecule has 4 rings (SSSR count). The summed E-state index contributed by atoms with van der Waals surface area (Å²) in [6.07, 6.45) is 11.2. The smallest absolute Gasteiger partial charge is 0.240 e. The summed E-state index contributed by atoms with van der Waals surface area (Å²) in [4.78, 5) is 8.59. The van der Waals surface area contributed by atoms with Crippen molar-refractivity contribution in [2.24, 2.45) is 0 Å². The predicted molar refractivity (Wildman–Crippen MR) is 90.1 cm³/mol. The van der Waals surface area contributed by atoms with Crippen LogP contribution in [0.1, 0.15) is 29.5 Å². The Hall–Kier alpha value is -2.25. The molecule has 7 heteroatoms. The van der Waals surface area contributed by atoms with E-state index in [0.29, 0.717) is 10.7 Å². The summed E-state index contributed by atoms with van der Waals surface area (Å²) in [6.45, 7) is 0.195. The first-order chi connectivity index (χ1) is 11.6. The van der Waals surface area contributed by atoms with Crippen LogP contribution in [-0.4, -0.2) is 22.8 Å². The van der Waals surface area contributed by atoms with Gasteiger partial charge in [0, 0.05) is 36.9 Å². The second-order valence-corrected chi connectivity index (χ2v) is 7.83. The topological polar surface area (TPSA) is 76.4 Å². The summed E-state index contributed by atoms with van der Waals surface area (Å²) < 4.78 is 29.5. The van der Waals surface area contributed by atoms with Gasteiger partial charge in [0.2, 0.25) is 15.8 Å². The Morgan fingerprint density at radius 2 is 1.96 bits per heavy atom. The van der Waals surface area contributed by atoms with E-state index < -0.39 is 10.0 Å². The van der Waals surface area contributed by atoms with Crippen molar-refractivity contribution >= 4 is 15.8 Å². The summed E-state index contributed by atoms with van der Waals surface area (Å²) >= 11 is 0. The Labute approximate surface area is 140 Å². The third-order valence-electron chi connectivity index (χ3n) is 4.40. The number of sulfonamides is 1. The lowest BCUT2D eigenvalue weighted by molar-refractivity contribution is 0.580. The molecule has 0 saturated carbocycles. The van der Waals surface area contributed by atoms with Crippen molar-refractivity contribution < 1.29 is 8.42 Å². The van der Waals surface area contributed by atoms with Crippen LogP contribution >= 0.6 is 0 Å². The number of aromatic nitrogens is 3. The largest absolute Gasteiger partial charge is 0.291 e. The highest BCUT2D eigenvalue weighted by Gasteiger charge is 2.17. The van der Waals surface area contributed by atoms with Crippen LogP contribution in [0.3, 0.4) is 0 Å². The molecule has 0 fully saturated rings. The highest BCUT2D eigenvalue weighted by Crippen LogP contribution is 2.24. The Morgan fingerprint density at radius 3 is 2.83 bits per heavy atom. The Morgan fingerprint density at radius 1 is 1.12 bits per heavy atom. The van der Waals surface area contributed by atoms with Crippen LogP contribution in [0.25, 0.3) is 5.78 Å². The van der Waals surface area contributed by atoms with Crippen LogP contribution in [0, 0.1) is 0 Å². The van der Waals surface area contributed by atoms with E-state index in [2.05, 4.69) is 14.7 Å². The molecule has 0 saturated heterocycles. The molecule has 0 bridgehead atoms. The minimum Gasteiger partial charge on any atom is -0.291 e. The van der Waals surface area contributed by atoms with E-state index in [1.54, 1.807) is 29.1 Å². The van der Waals surface area contributed by atoms with Gasteiger partial charge in [-0.05, 0) is 48.9 Å². The van der Waals surface area contributed by atoms with E-state index in [4.69, 9.17) is 0 Å². The van der Waals surface area contributed by atoms with Gasteiger partial charge in [0.15, 0.2) is 0 Å². The van der Waals surface area contributed by atoms with Crippen molar-refractivity contribution in [2.45, 2.75) is 37.1 Å². The van der Waals surface area contributed by atoms with Crippen molar-refractivity contribution in [1.82, 2.24) is 19.1 Å². The van der Waals surface area contributed by atoms with Gasteiger partial charge in [-0.15, -0.1) is 0 Å².